The second kappa shape index (κ2) is 7.68. The third kappa shape index (κ3) is 4.15. The predicted octanol–water partition coefficient (Wildman–Crippen LogP) is 7.33. The standard InChI is InChI=1S/C25H40O2/c1-7-8-9-10-13-24(3,4)18-15-21(26)23-19-14-17(2)11-12-20(19)25(5,6)27-22(23)16-18/h15-17,19-20,26H,7-14H2,1-6H3/t17-,19-,20-/m1/s1. The first kappa shape index (κ1) is 20.6. The van der Waals surface area contributed by atoms with Crippen molar-refractivity contribution in [3.05, 3.63) is 23.3 Å². The minimum Gasteiger partial charge on any atom is -0.508 e. The van der Waals surface area contributed by atoms with Gasteiger partial charge in [0, 0.05) is 11.5 Å². The van der Waals surface area contributed by atoms with E-state index in [1.807, 2.05) is 6.07 Å². The Labute approximate surface area is 166 Å². The van der Waals surface area contributed by atoms with Gasteiger partial charge in [-0.2, -0.15) is 0 Å². The maximum absolute atomic E-state index is 11.0. The number of rotatable bonds is 6. The number of ether oxygens (including phenoxy) is 1. The molecule has 0 saturated heterocycles. The van der Waals surface area contributed by atoms with Gasteiger partial charge in [-0.3, -0.25) is 0 Å². The van der Waals surface area contributed by atoms with Crippen LogP contribution in [0.15, 0.2) is 12.1 Å². The largest absolute Gasteiger partial charge is 0.508 e. The number of unbranched alkanes of at least 4 members (excludes halogenated alkanes) is 3. The lowest BCUT2D eigenvalue weighted by Gasteiger charge is -2.49. The Bertz CT molecular complexity index is 659. The van der Waals surface area contributed by atoms with Gasteiger partial charge in [-0.05, 0) is 68.1 Å². The summed E-state index contributed by atoms with van der Waals surface area (Å²) in [5, 5.41) is 11.0. The fourth-order valence-corrected chi connectivity index (χ4v) is 5.49. The number of hydrogen-bond donors (Lipinski definition) is 1. The first-order valence-electron chi connectivity index (χ1n) is 11.2. The Kier molecular flexibility index (Phi) is 5.85. The van der Waals surface area contributed by atoms with Crippen LogP contribution in [0.5, 0.6) is 11.5 Å². The first-order chi connectivity index (χ1) is 12.7. The highest BCUT2D eigenvalue weighted by Crippen LogP contribution is 2.56. The topological polar surface area (TPSA) is 29.5 Å². The normalized spacial score (nSPS) is 26.8. The van der Waals surface area contributed by atoms with Crippen LogP contribution < -0.4 is 4.74 Å². The monoisotopic (exact) mass is 372 g/mol. The van der Waals surface area contributed by atoms with Gasteiger partial charge in [0.25, 0.3) is 0 Å². The summed E-state index contributed by atoms with van der Waals surface area (Å²) < 4.78 is 6.52. The Morgan fingerprint density at radius 3 is 2.59 bits per heavy atom. The van der Waals surface area contributed by atoms with Crippen LogP contribution in [0.1, 0.15) is 110 Å². The zero-order chi connectivity index (χ0) is 19.8. The van der Waals surface area contributed by atoms with Crippen molar-refractivity contribution in [3.8, 4) is 11.5 Å². The van der Waals surface area contributed by atoms with Crippen molar-refractivity contribution in [3.63, 3.8) is 0 Å². The van der Waals surface area contributed by atoms with Crippen molar-refractivity contribution in [2.24, 2.45) is 11.8 Å². The predicted molar refractivity (Wildman–Crippen MR) is 114 cm³/mol. The van der Waals surface area contributed by atoms with Crippen LogP contribution >= 0.6 is 0 Å². The fraction of sp³-hybridized carbons (Fsp3) is 0.760. The van der Waals surface area contributed by atoms with Crippen molar-refractivity contribution in [2.45, 2.75) is 110 Å². The molecule has 1 heterocycles. The van der Waals surface area contributed by atoms with E-state index in [0.717, 1.165) is 30.1 Å². The van der Waals surface area contributed by atoms with Crippen molar-refractivity contribution in [2.75, 3.05) is 0 Å². The van der Waals surface area contributed by atoms with Gasteiger partial charge in [0.05, 0.1) is 0 Å². The van der Waals surface area contributed by atoms with E-state index in [9.17, 15) is 5.11 Å². The molecule has 152 valence electrons. The molecule has 3 atom stereocenters. The SMILES string of the molecule is CCCCCCC(C)(C)c1cc(O)c2c(c1)OC(C)(C)[C@@H]1CC[C@@H](C)C[C@@H]21. The molecule has 1 saturated carbocycles. The number of phenolic OH excluding ortho intramolecular Hbond substituents is 1. The summed E-state index contributed by atoms with van der Waals surface area (Å²) >= 11 is 0. The Balaban J connectivity index is 1.91. The summed E-state index contributed by atoms with van der Waals surface area (Å²) in [5.41, 5.74) is 2.20. The lowest BCUT2D eigenvalue weighted by Crippen LogP contribution is -2.46. The van der Waals surface area contributed by atoms with E-state index in [1.165, 1.54) is 44.1 Å². The van der Waals surface area contributed by atoms with Crippen LogP contribution in [0.2, 0.25) is 0 Å². The summed E-state index contributed by atoms with van der Waals surface area (Å²) in [5.74, 6) is 3.05. The zero-order valence-electron chi connectivity index (χ0n) is 18.4. The molecule has 0 bridgehead atoms. The van der Waals surface area contributed by atoms with Crippen LogP contribution in [-0.4, -0.2) is 10.7 Å². The molecular weight excluding hydrogens is 332 g/mol. The molecule has 2 heteroatoms. The van der Waals surface area contributed by atoms with Crippen molar-refractivity contribution < 1.29 is 9.84 Å². The summed E-state index contributed by atoms with van der Waals surface area (Å²) in [6.45, 7) is 13.7. The van der Waals surface area contributed by atoms with Gasteiger partial charge in [-0.15, -0.1) is 0 Å². The Morgan fingerprint density at radius 1 is 1.15 bits per heavy atom. The quantitative estimate of drug-likeness (QED) is 0.530. The van der Waals surface area contributed by atoms with Crippen molar-refractivity contribution in [1.82, 2.24) is 0 Å². The number of benzene rings is 1. The van der Waals surface area contributed by atoms with E-state index >= 15 is 0 Å². The summed E-state index contributed by atoms with van der Waals surface area (Å²) in [4.78, 5) is 0. The molecule has 1 aliphatic heterocycles. The minimum atomic E-state index is -0.159. The number of fused-ring (bicyclic) bond motifs is 3. The second-order valence-electron chi connectivity index (χ2n) is 10.4. The van der Waals surface area contributed by atoms with Gasteiger partial charge >= 0.3 is 0 Å². The van der Waals surface area contributed by atoms with Crippen LogP contribution in [0.3, 0.4) is 0 Å². The van der Waals surface area contributed by atoms with E-state index in [0.29, 0.717) is 17.6 Å². The van der Waals surface area contributed by atoms with E-state index in [-0.39, 0.29) is 11.0 Å². The van der Waals surface area contributed by atoms with Crippen LogP contribution in [-0.2, 0) is 5.41 Å². The molecule has 0 unspecified atom stereocenters. The highest BCUT2D eigenvalue weighted by molar-refractivity contribution is 5.53. The van der Waals surface area contributed by atoms with E-state index < -0.39 is 0 Å². The molecule has 0 spiro atoms. The molecule has 2 nitrogen and oxygen atoms in total. The Hall–Kier alpha value is -1.18. The Morgan fingerprint density at radius 2 is 1.89 bits per heavy atom. The van der Waals surface area contributed by atoms with Gasteiger partial charge < -0.3 is 9.84 Å². The van der Waals surface area contributed by atoms with Gasteiger partial charge in [-0.25, -0.2) is 0 Å². The average molecular weight is 373 g/mol. The lowest BCUT2D eigenvalue weighted by atomic mass is 9.64. The molecule has 1 N–H and O–H groups in total. The third-order valence-corrected chi connectivity index (χ3v) is 7.31. The first-order valence-corrected chi connectivity index (χ1v) is 11.2. The summed E-state index contributed by atoms with van der Waals surface area (Å²) in [6, 6.07) is 4.28. The molecule has 1 aromatic carbocycles. The summed E-state index contributed by atoms with van der Waals surface area (Å²) in [6.07, 6.45) is 9.90. The molecule has 0 radical (unpaired) electrons. The molecule has 0 aromatic heterocycles. The number of phenols is 1. The van der Waals surface area contributed by atoms with Crippen molar-refractivity contribution >= 4 is 0 Å². The molecule has 1 aliphatic carbocycles. The van der Waals surface area contributed by atoms with Crippen LogP contribution in [0, 0.1) is 11.8 Å². The van der Waals surface area contributed by atoms with E-state index in [4.69, 9.17) is 4.74 Å². The maximum Gasteiger partial charge on any atom is 0.127 e. The second-order valence-corrected chi connectivity index (χ2v) is 10.4. The van der Waals surface area contributed by atoms with E-state index in [1.54, 1.807) is 0 Å². The van der Waals surface area contributed by atoms with Gasteiger partial charge in [-0.1, -0.05) is 59.8 Å². The summed E-state index contributed by atoms with van der Waals surface area (Å²) in [7, 11) is 0. The van der Waals surface area contributed by atoms with Crippen LogP contribution in [0.4, 0.5) is 0 Å². The smallest absolute Gasteiger partial charge is 0.127 e. The molecule has 2 aliphatic rings. The maximum atomic E-state index is 11.0. The van der Waals surface area contributed by atoms with Crippen LogP contribution in [0.25, 0.3) is 0 Å². The number of aromatic hydroxyl groups is 1. The molecule has 27 heavy (non-hydrogen) atoms. The highest BCUT2D eigenvalue weighted by atomic mass is 16.5. The zero-order valence-corrected chi connectivity index (χ0v) is 18.4. The minimum absolute atomic E-state index is 0.0600. The molecule has 1 fully saturated rings. The lowest BCUT2D eigenvalue weighted by molar-refractivity contribution is -0.0146. The molecule has 3 rings (SSSR count). The molecule has 1 aromatic rings. The van der Waals surface area contributed by atoms with Gasteiger partial charge in [0.15, 0.2) is 0 Å². The van der Waals surface area contributed by atoms with E-state index in [2.05, 4.69) is 47.6 Å². The average Bonchev–Trinajstić information content (AvgIpc) is 2.57. The molecular formula is C25H40O2. The fourth-order valence-electron chi connectivity index (χ4n) is 5.49. The number of hydrogen-bond acceptors (Lipinski definition) is 2. The highest BCUT2D eigenvalue weighted by Gasteiger charge is 2.47. The molecule has 0 amide bonds. The van der Waals surface area contributed by atoms with Gasteiger partial charge in [0.1, 0.15) is 17.1 Å². The third-order valence-electron chi connectivity index (χ3n) is 7.31. The van der Waals surface area contributed by atoms with Gasteiger partial charge in [0.2, 0.25) is 0 Å². The van der Waals surface area contributed by atoms with Crippen molar-refractivity contribution in [1.29, 1.82) is 0 Å².